The predicted octanol–water partition coefficient (Wildman–Crippen LogP) is 3.28. The fraction of sp³-hybridized carbons (Fsp3) is 0.458. The molecule has 7 atom stereocenters. The molecule has 0 aromatic heterocycles. The van der Waals surface area contributed by atoms with Gasteiger partial charge in [-0.25, -0.2) is 14.4 Å². The highest BCUT2D eigenvalue weighted by atomic mass is 16.7. The van der Waals surface area contributed by atoms with Crippen LogP contribution in [0.25, 0.3) is 11.1 Å². The van der Waals surface area contributed by atoms with Crippen LogP contribution in [-0.2, 0) is 70.2 Å². The molecule has 0 saturated carbocycles. The van der Waals surface area contributed by atoms with Gasteiger partial charge in [-0.05, 0) is 77.1 Å². The van der Waals surface area contributed by atoms with Crippen LogP contribution in [0.4, 0.5) is 15.3 Å². The van der Waals surface area contributed by atoms with E-state index in [0.717, 1.165) is 50.1 Å². The second-order valence-electron chi connectivity index (χ2n) is 16.7. The van der Waals surface area contributed by atoms with E-state index in [0.29, 0.717) is 11.1 Å². The summed E-state index contributed by atoms with van der Waals surface area (Å²) in [6.07, 6.45) is -7.70. The van der Waals surface area contributed by atoms with E-state index in [1.807, 2.05) is 48.5 Å². The number of carbonyl (C=O) groups is 8. The van der Waals surface area contributed by atoms with Crippen LogP contribution in [0, 0.1) is 5.92 Å². The van der Waals surface area contributed by atoms with E-state index in [4.69, 9.17) is 34.2 Å². The van der Waals surface area contributed by atoms with Gasteiger partial charge in [0.1, 0.15) is 18.7 Å². The number of hydrogen-bond donors (Lipinski definition) is 6. The molecule has 5 amide bonds. The first-order chi connectivity index (χ1) is 32.4. The Hall–Kier alpha value is -7.06. The van der Waals surface area contributed by atoms with E-state index in [9.17, 15) is 43.5 Å². The third-order valence-corrected chi connectivity index (χ3v) is 11.5. The van der Waals surface area contributed by atoms with Crippen LogP contribution in [0.15, 0.2) is 66.7 Å². The second-order valence-corrected chi connectivity index (χ2v) is 16.7. The summed E-state index contributed by atoms with van der Waals surface area (Å²) < 4.78 is 33.0. The molecule has 1 heterocycles. The van der Waals surface area contributed by atoms with Crippen molar-refractivity contribution in [1.82, 2.24) is 16.0 Å². The van der Waals surface area contributed by atoms with Crippen LogP contribution >= 0.6 is 0 Å². The number of aliphatic hydroxyl groups excluding tert-OH is 1. The summed E-state index contributed by atoms with van der Waals surface area (Å²) in [6, 6.07) is 17.3. The number of fused-ring (bicyclic) bond motifs is 3. The van der Waals surface area contributed by atoms with Crippen molar-refractivity contribution in [3.63, 3.8) is 0 Å². The number of methoxy groups -OCH3 is 1. The van der Waals surface area contributed by atoms with Crippen LogP contribution in [0.1, 0.15) is 82.1 Å². The van der Waals surface area contributed by atoms with Crippen LogP contribution in [0.5, 0.6) is 0 Å². The zero-order valence-electron chi connectivity index (χ0n) is 38.7. The Bertz CT molecular complexity index is 2290. The van der Waals surface area contributed by atoms with Crippen molar-refractivity contribution in [2.24, 2.45) is 11.7 Å². The number of nitrogens with one attached hydrogen (secondary N) is 4. The number of esters is 4. The van der Waals surface area contributed by atoms with Crippen LogP contribution in [0.3, 0.4) is 0 Å². The summed E-state index contributed by atoms with van der Waals surface area (Å²) in [6.45, 7) is 6.38. The maximum absolute atomic E-state index is 14.0. The normalized spacial score (nSPS) is 19.2. The molecule has 366 valence electrons. The first kappa shape index (κ1) is 51.9. The first-order valence-electron chi connectivity index (χ1n) is 22.2. The van der Waals surface area contributed by atoms with Crippen LogP contribution in [-0.4, -0.2) is 116 Å². The van der Waals surface area contributed by atoms with Crippen molar-refractivity contribution in [2.45, 2.75) is 115 Å². The summed E-state index contributed by atoms with van der Waals surface area (Å²) in [5.74, 6) is -5.41. The number of urea groups is 1. The molecule has 1 saturated heterocycles. The fourth-order valence-electron chi connectivity index (χ4n) is 8.40. The number of aryl methyl sites for hydroxylation is 1. The maximum atomic E-state index is 14.0. The average molecular weight is 946 g/mol. The standard InChI is InChI=1S/C48H59N5O15/c1-25(2)39(53-48(62)64-24-36-34-14-9-7-12-32(34)33-13-8-10-15-35(33)36)45(59)52-37(16-11-21-50-47(49)61)44(58)51-31-19-17-30(23-54)29(22-31)18-20-38-40(65-26(3)55)41(66-27(4)56)42(67-28(5)57)43(68-38)46(60)63-6/h7-10,12-15,17,19,22,25,36-43,54H,11,16,18,20-21,23-24H2,1-6H3,(H,51,58)(H,52,59)(H,53,62)(H3,49,50,61)/t37?,38-,39?,40-,41+,42-,43-/m0/s1. The first-order valence-corrected chi connectivity index (χ1v) is 22.2. The molecule has 7 N–H and O–H groups in total. The predicted molar refractivity (Wildman–Crippen MR) is 242 cm³/mol. The highest BCUT2D eigenvalue weighted by Crippen LogP contribution is 2.44. The quantitative estimate of drug-likeness (QED) is 0.0539. The Kier molecular flexibility index (Phi) is 18.4. The number of hydrogen-bond acceptors (Lipinski definition) is 15. The van der Waals surface area contributed by atoms with Crippen molar-refractivity contribution in [3.8, 4) is 11.1 Å². The molecule has 20 heteroatoms. The summed E-state index contributed by atoms with van der Waals surface area (Å²) in [7, 11) is 1.08. The number of anilines is 1. The highest BCUT2D eigenvalue weighted by Gasteiger charge is 2.54. The van der Waals surface area contributed by atoms with E-state index in [-0.39, 0.29) is 50.4 Å². The minimum absolute atomic E-state index is 0.0149. The lowest BCUT2D eigenvalue weighted by atomic mass is 9.90. The number of primary amides is 1. The molecule has 3 aromatic rings. The number of ether oxygens (including phenoxy) is 6. The zero-order valence-corrected chi connectivity index (χ0v) is 38.7. The number of carbonyl (C=O) groups excluding carboxylic acids is 8. The van der Waals surface area contributed by atoms with Gasteiger partial charge in [-0.2, -0.15) is 0 Å². The largest absolute Gasteiger partial charge is 0.467 e. The van der Waals surface area contributed by atoms with Gasteiger partial charge in [0.2, 0.25) is 11.8 Å². The molecular weight excluding hydrogens is 887 g/mol. The van der Waals surface area contributed by atoms with Gasteiger partial charge in [0.05, 0.1) is 19.8 Å². The maximum Gasteiger partial charge on any atom is 0.407 e. The lowest BCUT2D eigenvalue weighted by molar-refractivity contribution is -0.249. The molecule has 1 fully saturated rings. The molecule has 2 aliphatic rings. The molecule has 2 unspecified atom stereocenters. The number of nitrogens with two attached hydrogens (primary N) is 1. The van der Waals surface area contributed by atoms with E-state index in [1.165, 1.54) is 6.07 Å². The third-order valence-electron chi connectivity index (χ3n) is 11.5. The van der Waals surface area contributed by atoms with Gasteiger partial charge < -0.3 is 60.5 Å². The molecule has 0 bridgehead atoms. The van der Waals surface area contributed by atoms with E-state index < -0.39 is 103 Å². The van der Waals surface area contributed by atoms with Gasteiger partial charge in [-0.15, -0.1) is 0 Å². The number of amides is 5. The third kappa shape index (κ3) is 13.5. The van der Waals surface area contributed by atoms with Gasteiger partial charge in [0.15, 0.2) is 24.4 Å². The minimum Gasteiger partial charge on any atom is -0.467 e. The Morgan fingerprint density at radius 1 is 0.765 bits per heavy atom. The monoisotopic (exact) mass is 945 g/mol. The lowest BCUT2D eigenvalue weighted by Crippen LogP contribution is -2.63. The van der Waals surface area contributed by atoms with Gasteiger partial charge in [0.25, 0.3) is 0 Å². The smallest absolute Gasteiger partial charge is 0.407 e. The Morgan fingerprint density at radius 3 is 1.94 bits per heavy atom. The minimum atomic E-state index is -1.59. The molecule has 5 rings (SSSR count). The molecule has 3 aromatic carbocycles. The molecule has 20 nitrogen and oxygen atoms in total. The van der Waals surface area contributed by atoms with Crippen molar-refractivity contribution in [1.29, 1.82) is 0 Å². The van der Waals surface area contributed by atoms with Crippen molar-refractivity contribution in [3.05, 3.63) is 89.0 Å². The highest BCUT2D eigenvalue weighted by molar-refractivity contribution is 5.98. The molecule has 68 heavy (non-hydrogen) atoms. The van der Waals surface area contributed by atoms with E-state index in [2.05, 4.69) is 21.3 Å². The molecule has 0 spiro atoms. The van der Waals surface area contributed by atoms with Crippen LogP contribution < -0.4 is 27.0 Å². The number of aliphatic hydroxyl groups is 1. The van der Waals surface area contributed by atoms with Gasteiger partial charge in [-0.1, -0.05) is 68.4 Å². The average Bonchev–Trinajstić information content (AvgIpc) is 3.61. The van der Waals surface area contributed by atoms with Crippen molar-refractivity contribution < 1.29 is 71.9 Å². The van der Waals surface area contributed by atoms with Gasteiger partial charge >= 0.3 is 36.0 Å². The topological polar surface area (TPSA) is 286 Å². The summed E-state index contributed by atoms with van der Waals surface area (Å²) in [5.41, 5.74) is 10.5. The van der Waals surface area contributed by atoms with E-state index in [1.54, 1.807) is 26.0 Å². The lowest BCUT2D eigenvalue weighted by Gasteiger charge is -2.43. The Morgan fingerprint density at radius 2 is 1.37 bits per heavy atom. The molecule has 0 radical (unpaired) electrons. The number of benzene rings is 3. The van der Waals surface area contributed by atoms with Gasteiger partial charge in [0, 0.05) is 38.9 Å². The number of rotatable bonds is 20. The summed E-state index contributed by atoms with van der Waals surface area (Å²) in [4.78, 5) is 102. The van der Waals surface area contributed by atoms with Gasteiger partial charge in [-0.3, -0.25) is 24.0 Å². The van der Waals surface area contributed by atoms with Crippen molar-refractivity contribution >= 4 is 53.5 Å². The molecular formula is C48H59N5O15. The molecule has 1 aliphatic carbocycles. The fourth-order valence-corrected chi connectivity index (χ4v) is 8.40. The second kappa shape index (κ2) is 24.1. The summed E-state index contributed by atoms with van der Waals surface area (Å²) >= 11 is 0. The van der Waals surface area contributed by atoms with Crippen molar-refractivity contribution in [2.75, 3.05) is 25.6 Å². The summed E-state index contributed by atoms with van der Waals surface area (Å²) in [5, 5.41) is 21.0. The SMILES string of the molecule is COC(=O)[C@H]1O[C@@H](CCc2cc(NC(=O)C(CCCNC(N)=O)NC(=O)C(NC(=O)OCC3c4ccccc4-c4ccccc43)C(C)C)ccc2CO)[C@H](OC(C)=O)[C@@H](OC(C)=O)[C@@H]1OC(C)=O. The van der Waals surface area contributed by atoms with E-state index >= 15 is 0 Å². The zero-order chi connectivity index (χ0) is 49.7. The number of alkyl carbamates (subject to hydrolysis) is 1. The Balaban J connectivity index is 1.31. The Labute approximate surface area is 393 Å². The van der Waals surface area contributed by atoms with Crippen LogP contribution in [0.2, 0.25) is 0 Å². The molecule has 1 aliphatic heterocycles.